The van der Waals surface area contributed by atoms with Crippen LogP contribution in [0.15, 0.2) is 48.8 Å². The molecule has 1 fully saturated rings. The number of carbonyl (C=O) groups excluding carboxylic acids is 1. The summed E-state index contributed by atoms with van der Waals surface area (Å²) in [6, 6.07) is 11.4. The molecule has 0 saturated carbocycles. The molecule has 0 spiro atoms. The number of hydrogen-bond donors (Lipinski definition) is 1. The molecule has 0 unspecified atom stereocenters. The van der Waals surface area contributed by atoms with Crippen LogP contribution in [0.3, 0.4) is 0 Å². The molecule has 1 saturated heterocycles. The van der Waals surface area contributed by atoms with Crippen molar-refractivity contribution in [2.45, 2.75) is 24.7 Å². The first-order valence-electron chi connectivity index (χ1n) is 8.36. The molecule has 0 aliphatic carbocycles. The Hall–Kier alpha value is -2.15. The van der Waals surface area contributed by atoms with E-state index in [1.165, 1.54) is 7.11 Å². The molecule has 3 atom stereocenters. The zero-order valence-electron chi connectivity index (χ0n) is 14.5. The van der Waals surface area contributed by atoms with E-state index in [9.17, 15) is 9.90 Å². The SMILES string of the molecule is CO[C@@H]1COC[C@@H](N(C)C(=O)Cc2ccc(-n3cccc3)cc2)[C@@H]1O. The van der Waals surface area contributed by atoms with E-state index >= 15 is 0 Å². The topological polar surface area (TPSA) is 63.9 Å². The first-order valence-corrected chi connectivity index (χ1v) is 8.36. The van der Waals surface area contributed by atoms with E-state index in [0.29, 0.717) is 13.2 Å². The average Bonchev–Trinajstić information content (AvgIpc) is 3.16. The van der Waals surface area contributed by atoms with E-state index < -0.39 is 18.2 Å². The summed E-state index contributed by atoms with van der Waals surface area (Å²) in [4.78, 5) is 14.1. The van der Waals surface area contributed by atoms with Gasteiger partial charge >= 0.3 is 0 Å². The van der Waals surface area contributed by atoms with E-state index in [0.717, 1.165) is 11.3 Å². The molecular formula is C19H24N2O4. The third-order valence-electron chi connectivity index (χ3n) is 4.73. The number of nitrogens with zero attached hydrogens (tertiary/aromatic N) is 2. The third-order valence-corrected chi connectivity index (χ3v) is 4.73. The van der Waals surface area contributed by atoms with Crippen molar-refractivity contribution in [1.82, 2.24) is 9.47 Å². The monoisotopic (exact) mass is 344 g/mol. The van der Waals surface area contributed by atoms with Gasteiger partial charge in [0.05, 0.1) is 25.7 Å². The predicted octanol–water partition coefficient (Wildman–Crippen LogP) is 1.25. The molecule has 2 heterocycles. The van der Waals surface area contributed by atoms with Crippen LogP contribution in [-0.2, 0) is 20.7 Å². The van der Waals surface area contributed by atoms with Crippen LogP contribution in [0.25, 0.3) is 5.69 Å². The van der Waals surface area contributed by atoms with Gasteiger partial charge in [-0.3, -0.25) is 4.79 Å². The molecule has 1 aromatic carbocycles. The molecule has 6 nitrogen and oxygen atoms in total. The van der Waals surface area contributed by atoms with Gasteiger partial charge in [-0.05, 0) is 29.8 Å². The zero-order valence-corrected chi connectivity index (χ0v) is 14.5. The maximum absolute atomic E-state index is 12.6. The second-order valence-electron chi connectivity index (χ2n) is 6.31. The first kappa shape index (κ1) is 17.7. The standard InChI is InChI=1S/C19H24N2O4/c1-20(16-12-25-13-17(24-2)19(16)23)18(22)11-14-5-7-15(8-6-14)21-9-3-4-10-21/h3-10,16-17,19,23H,11-13H2,1-2H3/t16-,17-,19+/m1/s1. The molecule has 3 rings (SSSR count). The minimum atomic E-state index is -0.746. The van der Waals surface area contributed by atoms with E-state index in [-0.39, 0.29) is 12.3 Å². The van der Waals surface area contributed by atoms with E-state index in [4.69, 9.17) is 9.47 Å². The Morgan fingerprint density at radius 1 is 1.28 bits per heavy atom. The Morgan fingerprint density at radius 2 is 1.96 bits per heavy atom. The number of amides is 1. The smallest absolute Gasteiger partial charge is 0.227 e. The van der Waals surface area contributed by atoms with Gasteiger partial charge in [-0.25, -0.2) is 0 Å². The maximum atomic E-state index is 12.6. The van der Waals surface area contributed by atoms with Crippen LogP contribution in [0.1, 0.15) is 5.56 Å². The highest BCUT2D eigenvalue weighted by atomic mass is 16.5. The van der Waals surface area contributed by atoms with E-state index in [1.54, 1.807) is 11.9 Å². The highest BCUT2D eigenvalue weighted by molar-refractivity contribution is 5.79. The summed E-state index contributed by atoms with van der Waals surface area (Å²) in [7, 11) is 3.24. The van der Waals surface area contributed by atoms with Gasteiger partial charge in [0.15, 0.2) is 0 Å². The lowest BCUT2D eigenvalue weighted by atomic mass is 10.0. The summed E-state index contributed by atoms with van der Waals surface area (Å²) in [6.07, 6.45) is 3.08. The zero-order chi connectivity index (χ0) is 17.8. The van der Waals surface area contributed by atoms with Crippen molar-refractivity contribution in [3.05, 3.63) is 54.4 Å². The highest BCUT2D eigenvalue weighted by Gasteiger charge is 2.36. The summed E-state index contributed by atoms with van der Waals surface area (Å²) in [5, 5.41) is 10.4. The van der Waals surface area contributed by atoms with Crippen molar-refractivity contribution in [2.24, 2.45) is 0 Å². The average molecular weight is 344 g/mol. The van der Waals surface area contributed by atoms with Crippen LogP contribution in [0.4, 0.5) is 0 Å². The van der Waals surface area contributed by atoms with Crippen LogP contribution in [0.2, 0.25) is 0 Å². The van der Waals surface area contributed by atoms with Crippen LogP contribution in [0, 0.1) is 0 Å². The molecule has 0 bridgehead atoms. The fraction of sp³-hybridized carbons (Fsp3) is 0.421. The lowest BCUT2D eigenvalue weighted by molar-refractivity contribution is -0.157. The summed E-state index contributed by atoms with van der Waals surface area (Å²) < 4.78 is 12.7. The molecule has 134 valence electrons. The number of aromatic nitrogens is 1. The predicted molar refractivity (Wildman–Crippen MR) is 93.7 cm³/mol. The number of rotatable bonds is 5. The molecule has 2 aromatic rings. The van der Waals surface area contributed by atoms with Gasteiger partial charge in [-0.15, -0.1) is 0 Å². The van der Waals surface area contributed by atoms with Crippen LogP contribution in [-0.4, -0.2) is 66.1 Å². The molecule has 1 amide bonds. The molecule has 6 heteroatoms. The number of benzene rings is 1. The molecule has 0 radical (unpaired) electrons. The minimum Gasteiger partial charge on any atom is -0.388 e. The highest BCUT2D eigenvalue weighted by Crippen LogP contribution is 2.17. The number of aliphatic hydroxyl groups is 1. The van der Waals surface area contributed by atoms with Gasteiger partial charge in [0.2, 0.25) is 5.91 Å². The van der Waals surface area contributed by atoms with Gasteiger partial charge in [-0.1, -0.05) is 12.1 Å². The Balaban J connectivity index is 1.63. The number of hydrogen-bond acceptors (Lipinski definition) is 4. The van der Waals surface area contributed by atoms with Gasteiger partial charge in [0, 0.05) is 32.2 Å². The molecule has 1 N–H and O–H groups in total. The van der Waals surface area contributed by atoms with Crippen molar-refractivity contribution in [3.63, 3.8) is 0 Å². The van der Waals surface area contributed by atoms with Gasteiger partial charge in [0.1, 0.15) is 12.2 Å². The molecular weight excluding hydrogens is 320 g/mol. The van der Waals surface area contributed by atoms with Crippen molar-refractivity contribution < 1.29 is 19.4 Å². The Morgan fingerprint density at radius 3 is 2.60 bits per heavy atom. The maximum Gasteiger partial charge on any atom is 0.227 e. The van der Waals surface area contributed by atoms with Crippen molar-refractivity contribution in [3.8, 4) is 5.69 Å². The van der Waals surface area contributed by atoms with E-state index in [1.807, 2.05) is 53.4 Å². The number of carbonyl (C=O) groups is 1. The number of ether oxygens (including phenoxy) is 2. The number of likely N-dealkylation sites (N-methyl/N-ethyl adjacent to an activating group) is 1. The molecule has 1 aliphatic rings. The fourth-order valence-corrected chi connectivity index (χ4v) is 3.08. The van der Waals surface area contributed by atoms with Crippen LogP contribution >= 0.6 is 0 Å². The Labute approximate surface area is 147 Å². The van der Waals surface area contributed by atoms with Crippen LogP contribution < -0.4 is 0 Å². The number of methoxy groups -OCH3 is 1. The second-order valence-corrected chi connectivity index (χ2v) is 6.31. The Kier molecular flexibility index (Phi) is 5.53. The van der Waals surface area contributed by atoms with Gasteiger partial charge in [-0.2, -0.15) is 0 Å². The minimum absolute atomic E-state index is 0.0573. The molecule has 25 heavy (non-hydrogen) atoms. The normalized spacial score (nSPS) is 23.4. The largest absolute Gasteiger partial charge is 0.388 e. The quantitative estimate of drug-likeness (QED) is 0.887. The van der Waals surface area contributed by atoms with Crippen molar-refractivity contribution in [1.29, 1.82) is 0 Å². The third kappa shape index (κ3) is 3.92. The molecule has 1 aliphatic heterocycles. The lowest BCUT2D eigenvalue weighted by Gasteiger charge is -2.38. The summed E-state index contributed by atoms with van der Waals surface area (Å²) in [6.45, 7) is 0.660. The first-order chi connectivity index (χ1) is 12.1. The van der Waals surface area contributed by atoms with Crippen molar-refractivity contribution >= 4 is 5.91 Å². The summed E-state index contributed by atoms with van der Waals surface area (Å²) >= 11 is 0. The van der Waals surface area contributed by atoms with Crippen LogP contribution in [0.5, 0.6) is 0 Å². The van der Waals surface area contributed by atoms with E-state index in [2.05, 4.69) is 0 Å². The second kappa shape index (κ2) is 7.82. The van der Waals surface area contributed by atoms with Gasteiger partial charge in [0.25, 0.3) is 0 Å². The fourth-order valence-electron chi connectivity index (χ4n) is 3.08. The summed E-state index contributed by atoms with van der Waals surface area (Å²) in [5.74, 6) is -0.0573. The number of aliphatic hydroxyl groups excluding tert-OH is 1. The molecule has 1 aromatic heterocycles. The lowest BCUT2D eigenvalue weighted by Crippen LogP contribution is -2.57. The van der Waals surface area contributed by atoms with Gasteiger partial charge < -0.3 is 24.0 Å². The van der Waals surface area contributed by atoms with Crippen molar-refractivity contribution in [2.75, 3.05) is 27.4 Å². The Bertz CT molecular complexity index is 684. The summed E-state index contributed by atoms with van der Waals surface area (Å²) in [5.41, 5.74) is 1.98.